The van der Waals surface area contributed by atoms with Crippen LogP contribution in [-0.2, 0) is 7.05 Å². The maximum atomic E-state index is 4.37. The average Bonchev–Trinajstić information content (AvgIpc) is 2.68. The van der Waals surface area contributed by atoms with Gasteiger partial charge in [-0.1, -0.05) is 29.5 Å². The highest BCUT2D eigenvalue weighted by Crippen LogP contribution is 2.27. The van der Waals surface area contributed by atoms with E-state index in [9.17, 15) is 0 Å². The zero-order chi connectivity index (χ0) is 11.8. The standard InChI is InChI=1S/C13H12N3S/c1-9-5-3-4-6-10(9)13-16(2)11-12(17-13)15-8-7-14-11/h3-8H,1-2H3/q+1. The minimum Gasteiger partial charge on any atom is -0.234 e. The molecule has 0 N–H and O–H groups in total. The van der Waals surface area contributed by atoms with Crippen LogP contribution in [-0.4, -0.2) is 9.97 Å². The number of nitrogens with zero attached hydrogens (tertiary/aromatic N) is 3. The lowest BCUT2D eigenvalue weighted by Gasteiger charge is -2.00. The molecule has 3 aromatic rings. The summed E-state index contributed by atoms with van der Waals surface area (Å²) in [6.07, 6.45) is 3.47. The van der Waals surface area contributed by atoms with Gasteiger partial charge < -0.3 is 0 Å². The molecule has 0 bridgehead atoms. The van der Waals surface area contributed by atoms with Crippen molar-refractivity contribution in [3.63, 3.8) is 0 Å². The van der Waals surface area contributed by atoms with Gasteiger partial charge in [0, 0.05) is 5.56 Å². The number of aryl methyl sites for hydroxylation is 2. The van der Waals surface area contributed by atoms with Crippen LogP contribution in [0.3, 0.4) is 0 Å². The van der Waals surface area contributed by atoms with Gasteiger partial charge in [-0.2, -0.15) is 0 Å². The van der Waals surface area contributed by atoms with Gasteiger partial charge in [-0.3, -0.25) is 0 Å². The fourth-order valence-corrected chi connectivity index (χ4v) is 3.06. The monoisotopic (exact) mass is 242 g/mol. The van der Waals surface area contributed by atoms with Crippen LogP contribution in [0.5, 0.6) is 0 Å². The maximum Gasteiger partial charge on any atom is 0.360 e. The van der Waals surface area contributed by atoms with Crippen LogP contribution in [0, 0.1) is 6.92 Å². The Morgan fingerprint density at radius 3 is 2.65 bits per heavy atom. The maximum absolute atomic E-state index is 4.37. The third-order valence-electron chi connectivity index (χ3n) is 2.84. The van der Waals surface area contributed by atoms with E-state index in [2.05, 4.69) is 45.7 Å². The van der Waals surface area contributed by atoms with Crippen LogP contribution < -0.4 is 4.57 Å². The second-order valence-electron chi connectivity index (χ2n) is 3.97. The minimum absolute atomic E-state index is 0.941. The summed E-state index contributed by atoms with van der Waals surface area (Å²) in [7, 11) is 2.04. The molecule has 84 valence electrons. The Balaban J connectivity index is 2.32. The molecular weight excluding hydrogens is 230 g/mol. The van der Waals surface area contributed by atoms with E-state index in [1.807, 2.05) is 7.05 Å². The Kier molecular flexibility index (Phi) is 2.37. The summed E-state index contributed by atoms with van der Waals surface area (Å²) in [4.78, 5) is 9.70. The molecule has 2 aromatic heterocycles. The predicted octanol–water partition coefficient (Wildman–Crippen LogP) is 2.49. The summed E-state index contributed by atoms with van der Waals surface area (Å²) in [6.45, 7) is 2.13. The molecule has 0 spiro atoms. The van der Waals surface area contributed by atoms with Crippen LogP contribution >= 0.6 is 11.3 Å². The zero-order valence-electron chi connectivity index (χ0n) is 9.71. The third-order valence-corrected chi connectivity index (χ3v) is 4.01. The van der Waals surface area contributed by atoms with Crippen molar-refractivity contribution >= 4 is 21.8 Å². The van der Waals surface area contributed by atoms with E-state index in [1.165, 1.54) is 16.1 Å². The average molecular weight is 242 g/mol. The van der Waals surface area contributed by atoms with E-state index < -0.39 is 0 Å². The Morgan fingerprint density at radius 1 is 1.12 bits per heavy atom. The topological polar surface area (TPSA) is 29.7 Å². The van der Waals surface area contributed by atoms with E-state index in [0.717, 1.165) is 10.5 Å². The van der Waals surface area contributed by atoms with E-state index in [4.69, 9.17) is 0 Å². The highest BCUT2D eigenvalue weighted by molar-refractivity contribution is 7.20. The van der Waals surface area contributed by atoms with Crippen LogP contribution in [0.25, 0.3) is 21.0 Å². The van der Waals surface area contributed by atoms with Crippen molar-refractivity contribution in [2.45, 2.75) is 6.92 Å². The zero-order valence-corrected chi connectivity index (χ0v) is 10.5. The molecule has 0 saturated carbocycles. The molecule has 0 saturated heterocycles. The van der Waals surface area contributed by atoms with Crippen LogP contribution in [0.1, 0.15) is 5.56 Å². The summed E-state index contributed by atoms with van der Waals surface area (Å²) in [5.74, 6) is 0. The fraction of sp³-hybridized carbons (Fsp3) is 0.154. The molecule has 0 radical (unpaired) electrons. The Morgan fingerprint density at radius 2 is 1.88 bits per heavy atom. The van der Waals surface area contributed by atoms with Gasteiger partial charge in [-0.25, -0.2) is 9.55 Å². The quantitative estimate of drug-likeness (QED) is 0.614. The van der Waals surface area contributed by atoms with Gasteiger partial charge in [0.2, 0.25) is 4.83 Å². The minimum atomic E-state index is 0.941. The van der Waals surface area contributed by atoms with Gasteiger partial charge >= 0.3 is 5.65 Å². The van der Waals surface area contributed by atoms with Crippen molar-refractivity contribution in [2.24, 2.45) is 7.05 Å². The summed E-state index contributed by atoms with van der Waals surface area (Å²) in [5, 5.41) is 1.20. The molecule has 1 aromatic carbocycles. The van der Waals surface area contributed by atoms with Gasteiger partial charge in [0.1, 0.15) is 0 Å². The second-order valence-corrected chi connectivity index (χ2v) is 4.94. The van der Waals surface area contributed by atoms with Gasteiger partial charge in [0.05, 0.1) is 13.2 Å². The lowest BCUT2D eigenvalue weighted by molar-refractivity contribution is -0.631. The van der Waals surface area contributed by atoms with Crippen molar-refractivity contribution in [3.05, 3.63) is 42.2 Å². The van der Waals surface area contributed by atoms with Crippen molar-refractivity contribution in [1.82, 2.24) is 9.97 Å². The van der Waals surface area contributed by atoms with Crippen LogP contribution in [0.2, 0.25) is 0 Å². The molecule has 0 aliphatic heterocycles. The molecule has 0 amide bonds. The summed E-state index contributed by atoms with van der Waals surface area (Å²) < 4.78 is 2.11. The Bertz CT molecular complexity index is 688. The van der Waals surface area contributed by atoms with Crippen molar-refractivity contribution in [2.75, 3.05) is 0 Å². The largest absolute Gasteiger partial charge is 0.360 e. The first-order chi connectivity index (χ1) is 8.27. The van der Waals surface area contributed by atoms with Gasteiger partial charge in [-0.05, 0) is 23.5 Å². The van der Waals surface area contributed by atoms with E-state index >= 15 is 0 Å². The summed E-state index contributed by atoms with van der Waals surface area (Å²) in [5.41, 5.74) is 3.46. The smallest absolute Gasteiger partial charge is 0.234 e. The van der Waals surface area contributed by atoms with Crippen LogP contribution in [0.4, 0.5) is 0 Å². The molecule has 0 aliphatic rings. The number of aromatic nitrogens is 3. The Labute approximate surface area is 103 Å². The van der Waals surface area contributed by atoms with Crippen LogP contribution in [0.15, 0.2) is 36.7 Å². The molecule has 0 unspecified atom stereocenters. The lowest BCUT2D eigenvalue weighted by atomic mass is 10.1. The highest BCUT2D eigenvalue weighted by atomic mass is 32.1. The number of fused-ring (bicyclic) bond motifs is 1. The van der Waals surface area contributed by atoms with Gasteiger partial charge in [-0.15, -0.1) is 0 Å². The molecule has 0 atom stereocenters. The second kappa shape index (κ2) is 3.89. The van der Waals surface area contributed by atoms with Crippen molar-refractivity contribution in [1.29, 1.82) is 0 Å². The van der Waals surface area contributed by atoms with E-state index in [0.29, 0.717) is 0 Å². The summed E-state index contributed by atoms with van der Waals surface area (Å²) >= 11 is 1.68. The number of hydrogen-bond donors (Lipinski definition) is 0. The van der Waals surface area contributed by atoms with Gasteiger partial charge in [0.25, 0.3) is 0 Å². The highest BCUT2D eigenvalue weighted by Gasteiger charge is 2.19. The molecule has 3 rings (SSSR count). The summed E-state index contributed by atoms with van der Waals surface area (Å²) in [6, 6.07) is 8.39. The van der Waals surface area contributed by atoms with Crippen molar-refractivity contribution < 1.29 is 4.57 Å². The molecule has 2 heterocycles. The molecule has 0 fully saturated rings. The molecule has 4 heteroatoms. The molecule has 3 nitrogen and oxygen atoms in total. The SMILES string of the molecule is Cc1ccccc1-c1sc2nccnc2[n+]1C. The Hall–Kier alpha value is -1.81. The number of rotatable bonds is 1. The first kappa shape index (κ1) is 10.4. The molecule has 17 heavy (non-hydrogen) atoms. The third kappa shape index (κ3) is 1.61. The normalized spacial score (nSPS) is 10.9. The fourth-order valence-electron chi connectivity index (χ4n) is 1.92. The van der Waals surface area contributed by atoms with E-state index in [-0.39, 0.29) is 0 Å². The molecule has 0 aliphatic carbocycles. The molecular formula is C13H12N3S+. The first-order valence-corrected chi connectivity index (χ1v) is 6.24. The number of benzene rings is 1. The first-order valence-electron chi connectivity index (χ1n) is 5.43. The number of hydrogen-bond acceptors (Lipinski definition) is 3. The van der Waals surface area contributed by atoms with E-state index in [1.54, 1.807) is 23.7 Å². The van der Waals surface area contributed by atoms with Gasteiger partial charge in [0.15, 0.2) is 11.2 Å². The predicted molar refractivity (Wildman–Crippen MR) is 68.8 cm³/mol. The van der Waals surface area contributed by atoms with Crippen molar-refractivity contribution in [3.8, 4) is 10.6 Å². The number of thiazole rings is 1. The lowest BCUT2D eigenvalue weighted by Crippen LogP contribution is -2.29.